The molecule has 2 aromatic rings. The van der Waals surface area contributed by atoms with Gasteiger partial charge in [0.05, 0.1) is 6.20 Å². The van der Waals surface area contributed by atoms with Gasteiger partial charge in [-0.25, -0.2) is 4.79 Å². The molecule has 3 rings (SSSR count). The van der Waals surface area contributed by atoms with Gasteiger partial charge < -0.3 is 15.4 Å². The monoisotopic (exact) mass is 370 g/mol. The van der Waals surface area contributed by atoms with E-state index in [1.54, 1.807) is 31.6 Å². The van der Waals surface area contributed by atoms with Gasteiger partial charge in [-0.05, 0) is 31.9 Å². The number of hydrogen-bond acceptors (Lipinski definition) is 4. The SMILES string of the molecule is Cn1cc(CNC(=O)C2(NC(=O)OC(C)(C)C)Cc3ccccc3C2)cn1. The number of nitrogens with zero attached hydrogens (tertiary/aromatic N) is 2. The molecule has 27 heavy (non-hydrogen) atoms. The van der Waals surface area contributed by atoms with E-state index in [1.165, 1.54) is 0 Å². The van der Waals surface area contributed by atoms with Gasteiger partial charge in [0.2, 0.25) is 5.91 Å². The lowest BCUT2D eigenvalue weighted by Gasteiger charge is -2.30. The van der Waals surface area contributed by atoms with Crippen LogP contribution in [0.1, 0.15) is 37.5 Å². The van der Waals surface area contributed by atoms with Gasteiger partial charge in [-0.3, -0.25) is 9.48 Å². The summed E-state index contributed by atoms with van der Waals surface area (Å²) in [6.07, 6.45) is 3.82. The Bertz CT molecular complexity index is 826. The molecule has 0 spiro atoms. The molecular formula is C20H26N4O3. The Morgan fingerprint density at radius 2 is 1.85 bits per heavy atom. The lowest BCUT2D eigenvalue weighted by Crippen LogP contribution is -2.60. The van der Waals surface area contributed by atoms with Crippen molar-refractivity contribution >= 4 is 12.0 Å². The van der Waals surface area contributed by atoms with E-state index in [0.29, 0.717) is 19.4 Å². The summed E-state index contributed by atoms with van der Waals surface area (Å²) in [5, 5.41) is 9.88. The maximum atomic E-state index is 13.1. The van der Waals surface area contributed by atoms with E-state index in [-0.39, 0.29) is 5.91 Å². The molecule has 0 saturated heterocycles. The summed E-state index contributed by atoms with van der Waals surface area (Å²) in [7, 11) is 1.82. The summed E-state index contributed by atoms with van der Waals surface area (Å²) in [5.41, 5.74) is 1.32. The third-order valence-corrected chi connectivity index (χ3v) is 4.49. The van der Waals surface area contributed by atoms with E-state index in [4.69, 9.17) is 4.74 Å². The van der Waals surface area contributed by atoms with Crippen LogP contribution in [0.25, 0.3) is 0 Å². The van der Waals surface area contributed by atoms with Crippen LogP contribution >= 0.6 is 0 Å². The number of carbonyl (C=O) groups excluding carboxylic acids is 2. The molecule has 1 aromatic heterocycles. The summed E-state index contributed by atoms with van der Waals surface area (Å²) in [5.74, 6) is -0.228. The first-order valence-corrected chi connectivity index (χ1v) is 9.01. The Morgan fingerprint density at radius 1 is 1.22 bits per heavy atom. The van der Waals surface area contributed by atoms with Gasteiger partial charge in [0, 0.05) is 38.2 Å². The van der Waals surface area contributed by atoms with Gasteiger partial charge >= 0.3 is 6.09 Å². The maximum Gasteiger partial charge on any atom is 0.408 e. The van der Waals surface area contributed by atoms with Gasteiger partial charge in [-0.1, -0.05) is 24.3 Å². The van der Waals surface area contributed by atoms with Crippen LogP contribution in [0, 0.1) is 0 Å². The smallest absolute Gasteiger partial charge is 0.408 e. The minimum absolute atomic E-state index is 0.228. The van der Waals surface area contributed by atoms with Crippen molar-refractivity contribution < 1.29 is 14.3 Å². The van der Waals surface area contributed by atoms with Crippen molar-refractivity contribution in [2.24, 2.45) is 7.05 Å². The van der Waals surface area contributed by atoms with E-state index in [0.717, 1.165) is 16.7 Å². The zero-order valence-corrected chi connectivity index (χ0v) is 16.2. The highest BCUT2D eigenvalue weighted by Gasteiger charge is 2.45. The molecule has 0 saturated carbocycles. The van der Waals surface area contributed by atoms with Gasteiger partial charge in [-0.2, -0.15) is 5.10 Å². The van der Waals surface area contributed by atoms with Gasteiger partial charge in [0.15, 0.2) is 0 Å². The third kappa shape index (κ3) is 4.48. The van der Waals surface area contributed by atoms with Crippen molar-refractivity contribution in [2.45, 2.75) is 51.3 Å². The summed E-state index contributed by atoms with van der Waals surface area (Å²) in [4.78, 5) is 25.5. The first-order valence-electron chi connectivity index (χ1n) is 9.01. The van der Waals surface area contributed by atoms with Crippen LogP contribution in [0.5, 0.6) is 0 Å². The highest BCUT2D eigenvalue weighted by molar-refractivity contribution is 5.91. The number of amides is 2. The van der Waals surface area contributed by atoms with E-state index in [9.17, 15) is 9.59 Å². The topological polar surface area (TPSA) is 85.2 Å². The lowest BCUT2D eigenvalue weighted by molar-refractivity contribution is -0.127. The molecule has 144 valence electrons. The van der Waals surface area contributed by atoms with E-state index in [1.807, 2.05) is 37.5 Å². The van der Waals surface area contributed by atoms with Crippen molar-refractivity contribution in [1.29, 1.82) is 0 Å². The van der Waals surface area contributed by atoms with Crippen LogP contribution in [0.4, 0.5) is 4.79 Å². The normalized spacial score (nSPS) is 15.1. The molecule has 1 heterocycles. The molecule has 0 fully saturated rings. The van der Waals surface area contributed by atoms with Crippen molar-refractivity contribution in [3.05, 3.63) is 53.3 Å². The number of alkyl carbamates (subject to hydrolysis) is 1. The number of aromatic nitrogens is 2. The van der Waals surface area contributed by atoms with Gasteiger partial charge in [-0.15, -0.1) is 0 Å². The first kappa shape index (κ1) is 18.9. The fraction of sp³-hybridized carbons (Fsp3) is 0.450. The number of fused-ring (bicyclic) bond motifs is 1. The standard InChI is InChI=1S/C20H26N4O3/c1-19(2,3)27-18(26)23-20(9-15-7-5-6-8-16(15)10-20)17(25)21-11-14-12-22-24(4)13-14/h5-8,12-13H,9-11H2,1-4H3,(H,21,25)(H,23,26). The molecule has 7 heteroatoms. The average molecular weight is 370 g/mol. The molecule has 1 aliphatic rings. The molecular weight excluding hydrogens is 344 g/mol. The summed E-state index contributed by atoms with van der Waals surface area (Å²) in [6.45, 7) is 5.74. The molecule has 1 aliphatic carbocycles. The second-order valence-electron chi connectivity index (χ2n) is 8.04. The van der Waals surface area contributed by atoms with Crippen LogP contribution < -0.4 is 10.6 Å². The predicted octanol–water partition coefficient (Wildman–Crippen LogP) is 2.10. The molecule has 0 radical (unpaired) electrons. The number of carbonyl (C=O) groups is 2. The molecule has 0 unspecified atom stereocenters. The molecule has 0 atom stereocenters. The van der Waals surface area contributed by atoms with E-state index in [2.05, 4.69) is 15.7 Å². The Morgan fingerprint density at radius 3 is 2.37 bits per heavy atom. The molecule has 1 aromatic carbocycles. The van der Waals surface area contributed by atoms with Gasteiger partial charge in [0.25, 0.3) is 0 Å². The number of ether oxygens (including phenoxy) is 1. The summed E-state index contributed by atoms with van der Waals surface area (Å²) >= 11 is 0. The number of rotatable bonds is 4. The fourth-order valence-corrected chi connectivity index (χ4v) is 3.33. The molecule has 2 amide bonds. The fourth-order valence-electron chi connectivity index (χ4n) is 3.33. The second-order valence-corrected chi connectivity index (χ2v) is 8.04. The number of hydrogen-bond donors (Lipinski definition) is 2. The largest absolute Gasteiger partial charge is 0.444 e. The van der Waals surface area contributed by atoms with E-state index < -0.39 is 17.2 Å². The van der Waals surface area contributed by atoms with E-state index >= 15 is 0 Å². The van der Waals surface area contributed by atoms with Crippen molar-refractivity contribution in [2.75, 3.05) is 0 Å². The van der Waals surface area contributed by atoms with Crippen molar-refractivity contribution in [3.8, 4) is 0 Å². The van der Waals surface area contributed by atoms with Gasteiger partial charge in [0.1, 0.15) is 11.1 Å². The third-order valence-electron chi connectivity index (χ3n) is 4.49. The van der Waals surface area contributed by atoms with Crippen LogP contribution in [-0.2, 0) is 36.0 Å². The quantitative estimate of drug-likeness (QED) is 0.863. The predicted molar refractivity (Wildman–Crippen MR) is 101 cm³/mol. The number of nitrogens with one attached hydrogen (secondary N) is 2. The van der Waals surface area contributed by atoms with Crippen LogP contribution in [0.3, 0.4) is 0 Å². The van der Waals surface area contributed by atoms with Crippen LogP contribution in [-0.4, -0.2) is 32.9 Å². The van der Waals surface area contributed by atoms with Crippen LogP contribution in [0.15, 0.2) is 36.7 Å². The lowest BCUT2D eigenvalue weighted by atomic mass is 9.94. The molecule has 2 N–H and O–H groups in total. The van der Waals surface area contributed by atoms with Crippen molar-refractivity contribution in [1.82, 2.24) is 20.4 Å². The summed E-state index contributed by atoms with van der Waals surface area (Å²) in [6, 6.07) is 7.86. The Balaban J connectivity index is 1.78. The minimum Gasteiger partial charge on any atom is -0.444 e. The Kier molecular flexibility index (Phi) is 4.95. The number of aryl methyl sites for hydroxylation is 1. The zero-order valence-electron chi connectivity index (χ0n) is 16.2. The molecule has 0 aliphatic heterocycles. The highest BCUT2D eigenvalue weighted by atomic mass is 16.6. The highest BCUT2D eigenvalue weighted by Crippen LogP contribution is 2.31. The first-order chi connectivity index (χ1) is 12.7. The Labute approximate surface area is 159 Å². The Hall–Kier alpha value is -2.83. The summed E-state index contributed by atoms with van der Waals surface area (Å²) < 4.78 is 7.08. The molecule has 7 nitrogen and oxygen atoms in total. The second kappa shape index (κ2) is 7.06. The zero-order chi connectivity index (χ0) is 19.7. The van der Waals surface area contributed by atoms with Crippen LogP contribution in [0.2, 0.25) is 0 Å². The molecule has 0 bridgehead atoms. The maximum absolute atomic E-state index is 13.1. The van der Waals surface area contributed by atoms with Crippen molar-refractivity contribution in [3.63, 3.8) is 0 Å². The average Bonchev–Trinajstić information content (AvgIpc) is 3.14. The number of benzene rings is 1. The minimum atomic E-state index is -1.06.